The SMILES string of the molecule is Cc1ccccc1CC(=O)Nc1c(F)cc(F)cc1Br. The summed E-state index contributed by atoms with van der Waals surface area (Å²) in [6, 6.07) is 9.29. The molecule has 2 rings (SSSR count). The molecule has 1 N–H and O–H groups in total. The average molecular weight is 340 g/mol. The van der Waals surface area contributed by atoms with Gasteiger partial charge in [-0.2, -0.15) is 0 Å². The Morgan fingerprint density at radius 1 is 1.25 bits per heavy atom. The van der Waals surface area contributed by atoms with E-state index in [1.54, 1.807) is 0 Å². The number of carbonyl (C=O) groups is 1. The zero-order valence-electron chi connectivity index (χ0n) is 10.7. The van der Waals surface area contributed by atoms with Gasteiger partial charge in [0, 0.05) is 10.5 Å². The molecule has 0 aliphatic rings. The molecule has 0 heterocycles. The standard InChI is InChI=1S/C15H12BrF2NO/c1-9-4-2-3-5-10(9)6-14(20)19-15-12(16)7-11(17)8-13(15)18/h2-5,7-8H,6H2,1H3,(H,19,20). The lowest BCUT2D eigenvalue weighted by Gasteiger charge is -2.10. The maximum atomic E-state index is 13.6. The Morgan fingerprint density at radius 3 is 2.60 bits per heavy atom. The van der Waals surface area contributed by atoms with E-state index in [-0.39, 0.29) is 22.5 Å². The van der Waals surface area contributed by atoms with Gasteiger partial charge in [0.05, 0.1) is 12.1 Å². The maximum absolute atomic E-state index is 13.6. The minimum Gasteiger partial charge on any atom is -0.322 e. The van der Waals surface area contributed by atoms with Gasteiger partial charge in [-0.15, -0.1) is 0 Å². The third-order valence-corrected chi connectivity index (χ3v) is 3.51. The monoisotopic (exact) mass is 339 g/mol. The van der Waals surface area contributed by atoms with E-state index in [4.69, 9.17) is 0 Å². The van der Waals surface area contributed by atoms with Gasteiger partial charge in [-0.05, 0) is 40.0 Å². The Balaban J connectivity index is 2.15. The number of halogens is 3. The molecule has 104 valence electrons. The summed E-state index contributed by atoms with van der Waals surface area (Å²) in [7, 11) is 0. The topological polar surface area (TPSA) is 29.1 Å². The fourth-order valence-electron chi connectivity index (χ4n) is 1.83. The molecule has 5 heteroatoms. The highest BCUT2D eigenvalue weighted by atomic mass is 79.9. The van der Waals surface area contributed by atoms with Crippen LogP contribution in [0.2, 0.25) is 0 Å². The summed E-state index contributed by atoms with van der Waals surface area (Å²) < 4.78 is 26.7. The average Bonchev–Trinajstić information content (AvgIpc) is 2.36. The van der Waals surface area contributed by atoms with Crippen LogP contribution in [0, 0.1) is 18.6 Å². The zero-order valence-corrected chi connectivity index (χ0v) is 12.3. The third kappa shape index (κ3) is 3.42. The molecule has 0 aliphatic heterocycles. The smallest absolute Gasteiger partial charge is 0.228 e. The van der Waals surface area contributed by atoms with Gasteiger partial charge in [-0.3, -0.25) is 4.79 Å². The molecule has 0 saturated carbocycles. The van der Waals surface area contributed by atoms with Crippen LogP contribution in [0.5, 0.6) is 0 Å². The van der Waals surface area contributed by atoms with Gasteiger partial charge < -0.3 is 5.32 Å². The summed E-state index contributed by atoms with van der Waals surface area (Å²) >= 11 is 3.03. The Labute approximate surface area is 123 Å². The molecular formula is C15H12BrF2NO. The first-order chi connectivity index (χ1) is 9.47. The van der Waals surface area contributed by atoms with Gasteiger partial charge in [0.2, 0.25) is 5.91 Å². The summed E-state index contributed by atoms with van der Waals surface area (Å²) in [4.78, 5) is 11.9. The van der Waals surface area contributed by atoms with Crippen LogP contribution in [0.4, 0.5) is 14.5 Å². The van der Waals surface area contributed by atoms with E-state index in [9.17, 15) is 13.6 Å². The van der Waals surface area contributed by atoms with Crippen molar-refractivity contribution in [2.75, 3.05) is 5.32 Å². The lowest BCUT2D eigenvalue weighted by atomic mass is 10.1. The van der Waals surface area contributed by atoms with Gasteiger partial charge >= 0.3 is 0 Å². The van der Waals surface area contributed by atoms with Gasteiger partial charge in [0.1, 0.15) is 5.82 Å². The number of carbonyl (C=O) groups excluding carboxylic acids is 1. The minimum atomic E-state index is -0.810. The molecule has 0 fully saturated rings. The highest BCUT2D eigenvalue weighted by molar-refractivity contribution is 9.10. The normalized spacial score (nSPS) is 10.4. The Kier molecular flexibility index (Phi) is 4.49. The van der Waals surface area contributed by atoms with E-state index in [2.05, 4.69) is 21.2 Å². The van der Waals surface area contributed by atoms with Crippen LogP contribution in [0.25, 0.3) is 0 Å². The largest absolute Gasteiger partial charge is 0.322 e. The highest BCUT2D eigenvalue weighted by Crippen LogP contribution is 2.27. The zero-order chi connectivity index (χ0) is 14.7. The van der Waals surface area contributed by atoms with Gasteiger partial charge in [0.15, 0.2) is 5.82 Å². The summed E-state index contributed by atoms with van der Waals surface area (Å²) in [5.41, 5.74) is 1.80. The van der Waals surface area contributed by atoms with Crippen molar-refractivity contribution in [1.29, 1.82) is 0 Å². The molecule has 0 aliphatic carbocycles. The molecule has 2 aromatic carbocycles. The molecular weight excluding hydrogens is 328 g/mol. The first-order valence-electron chi connectivity index (χ1n) is 5.96. The molecule has 0 bridgehead atoms. The molecule has 2 nitrogen and oxygen atoms in total. The van der Waals surface area contributed by atoms with E-state index in [1.165, 1.54) is 0 Å². The molecule has 1 amide bonds. The number of aryl methyl sites for hydroxylation is 1. The molecule has 0 spiro atoms. The Bertz CT molecular complexity index is 635. The predicted molar refractivity (Wildman–Crippen MR) is 77.6 cm³/mol. The lowest BCUT2D eigenvalue weighted by molar-refractivity contribution is -0.115. The van der Waals surface area contributed by atoms with Crippen molar-refractivity contribution < 1.29 is 13.6 Å². The number of anilines is 1. The molecule has 0 aromatic heterocycles. The van der Waals surface area contributed by atoms with Crippen molar-refractivity contribution in [1.82, 2.24) is 0 Å². The second-order valence-electron chi connectivity index (χ2n) is 4.40. The summed E-state index contributed by atoms with van der Waals surface area (Å²) in [5, 5.41) is 2.45. The number of benzene rings is 2. The second kappa shape index (κ2) is 6.13. The summed E-state index contributed by atoms with van der Waals surface area (Å²) in [6.07, 6.45) is 0.135. The van der Waals surface area contributed by atoms with E-state index in [0.29, 0.717) is 0 Å². The molecule has 2 aromatic rings. The highest BCUT2D eigenvalue weighted by Gasteiger charge is 2.13. The van der Waals surface area contributed by atoms with Crippen LogP contribution in [0.15, 0.2) is 40.9 Å². The minimum absolute atomic E-state index is 0.0509. The molecule has 0 unspecified atom stereocenters. The van der Waals surface area contributed by atoms with Gasteiger partial charge in [0.25, 0.3) is 0 Å². The van der Waals surface area contributed by atoms with Crippen LogP contribution < -0.4 is 5.32 Å². The predicted octanol–water partition coefficient (Wildman–Crippen LogP) is 4.22. The fourth-order valence-corrected chi connectivity index (χ4v) is 2.33. The first kappa shape index (κ1) is 14.7. The van der Waals surface area contributed by atoms with Crippen LogP contribution >= 0.6 is 15.9 Å². The molecule has 20 heavy (non-hydrogen) atoms. The fraction of sp³-hybridized carbons (Fsp3) is 0.133. The Morgan fingerprint density at radius 2 is 1.95 bits per heavy atom. The number of nitrogens with one attached hydrogen (secondary N) is 1. The van der Waals surface area contributed by atoms with Crippen LogP contribution in [-0.4, -0.2) is 5.91 Å². The lowest BCUT2D eigenvalue weighted by Crippen LogP contribution is -2.16. The quantitative estimate of drug-likeness (QED) is 0.891. The molecule has 0 radical (unpaired) electrons. The van der Waals surface area contributed by atoms with Crippen molar-refractivity contribution in [2.24, 2.45) is 0 Å². The van der Waals surface area contributed by atoms with Crippen LogP contribution in [0.1, 0.15) is 11.1 Å². The maximum Gasteiger partial charge on any atom is 0.228 e. The van der Waals surface area contributed by atoms with Crippen molar-refractivity contribution in [3.05, 3.63) is 63.6 Å². The molecule has 0 saturated heterocycles. The third-order valence-electron chi connectivity index (χ3n) is 2.88. The van der Waals surface area contributed by atoms with E-state index < -0.39 is 11.6 Å². The first-order valence-corrected chi connectivity index (χ1v) is 6.75. The summed E-state index contributed by atoms with van der Waals surface area (Å²) in [6.45, 7) is 1.90. The van der Waals surface area contributed by atoms with E-state index >= 15 is 0 Å². The number of amides is 1. The summed E-state index contributed by atoms with van der Waals surface area (Å²) in [5.74, 6) is -1.87. The number of hydrogen-bond acceptors (Lipinski definition) is 1. The van der Waals surface area contributed by atoms with Crippen molar-refractivity contribution in [3.63, 3.8) is 0 Å². The van der Waals surface area contributed by atoms with E-state index in [1.807, 2.05) is 31.2 Å². The molecule has 0 atom stereocenters. The van der Waals surface area contributed by atoms with Crippen LogP contribution in [0.3, 0.4) is 0 Å². The Hall–Kier alpha value is -1.75. The number of rotatable bonds is 3. The van der Waals surface area contributed by atoms with Crippen molar-refractivity contribution >= 4 is 27.5 Å². The van der Waals surface area contributed by atoms with Crippen molar-refractivity contribution in [2.45, 2.75) is 13.3 Å². The second-order valence-corrected chi connectivity index (χ2v) is 5.25. The van der Waals surface area contributed by atoms with Crippen LogP contribution in [-0.2, 0) is 11.2 Å². The van der Waals surface area contributed by atoms with Gasteiger partial charge in [-0.1, -0.05) is 24.3 Å². The van der Waals surface area contributed by atoms with Crippen molar-refractivity contribution in [3.8, 4) is 0 Å². The van der Waals surface area contributed by atoms with Gasteiger partial charge in [-0.25, -0.2) is 8.78 Å². The van der Waals surface area contributed by atoms with E-state index in [0.717, 1.165) is 23.3 Å². The number of hydrogen-bond donors (Lipinski definition) is 1.